The molecule has 0 spiro atoms. The summed E-state index contributed by atoms with van der Waals surface area (Å²) in [4.78, 5) is 32.9. The number of imidazole rings is 1. The molecule has 1 fully saturated rings. The first-order chi connectivity index (χ1) is 18.9. The predicted molar refractivity (Wildman–Crippen MR) is 165 cm³/mol. The highest BCUT2D eigenvalue weighted by Gasteiger charge is 2.25. The number of halogens is 2. The van der Waals surface area contributed by atoms with Crippen molar-refractivity contribution in [1.29, 1.82) is 0 Å². The number of carbonyl (C=O) groups excluding carboxylic acids is 2. The fourth-order valence-electron chi connectivity index (χ4n) is 5.01. The predicted octanol–water partition coefficient (Wildman–Crippen LogP) is 6.51. The van der Waals surface area contributed by atoms with Gasteiger partial charge in [-0.15, -0.1) is 0 Å². The quantitative estimate of drug-likeness (QED) is 0.316. The number of benzene rings is 2. The van der Waals surface area contributed by atoms with E-state index >= 15 is 0 Å². The second kappa shape index (κ2) is 12.4. The normalized spacial score (nSPS) is 14.6. The van der Waals surface area contributed by atoms with Crippen LogP contribution in [0, 0.1) is 11.3 Å². The summed E-state index contributed by atoms with van der Waals surface area (Å²) in [6.07, 6.45) is 3.50. The second-order valence-corrected chi connectivity index (χ2v) is 12.8. The van der Waals surface area contributed by atoms with Crippen molar-refractivity contribution in [2.24, 2.45) is 18.4 Å². The molecule has 1 aromatic heterocycles. The first-order valence-corrected chi connectivity index (χ1v) is 14.9. The van der Waals surface area contributed by atoms with Crippen LogP contribution >= 0.6 is 23.2 Å². The third-order valence-electron chi connectivity index (χ3n) is 7.72. The lowest BCUT2D eigenvalue weighted by Gasteiger charge is -2.33. The van der Waals surface area contributed by atoms with Crippen LogP contribution < -0.4 is 15.5 Å². The summed E-state index contributed by atoms with van der Waals surface area (Å²) >= 11 is 13.5. The van der Waals surface area contributed by atoms with Crippen molar-refractivity contribution in [2.45, 2.75) is 66.8 Å². The Hall–Kier alpha value is -2.77. The van der Waals surface area contributed by atoms with Crippen LogP contribution in [0.25, 0.3) is 11.0 Å². The number of aryl methyl sites for hydroxylation is 1. The molecule has 2 amide bonds. The SMILES string of the molecule is CCCNC(=O)c1cc2nc(Cc3c(Cl)ccc(CNC(=O)C(C)(C)C)c3Cl)n(C)c2cc1N1CCC(C)CC1. The number of carbonyl (C=O) groups is 2. The van der Waals surface area contributed by atoms with Crippen molar-refractivity contribution < 1.29 is 9.59 Å². The number of hydrogen-bond donors (Lipinski definition) is 2. The van der Waals surface area contributed by atoms with Gasteiger partial charge in [0.05, 0.1) is 27.3 Å². The van der Waals surface area contributed by atoms with Crippen LogP contribution in [0.3, 0.4) is 0 Å². The molecule has 1 aliphatic rings. The molecule has 0 bridgehead atoms. The Labute approximate surface area is 247 Å². The van der Waals surface area contributed by atoms with Crippen LogP contribution in [0.4, 0.5) is 5.69 Å². The zero-order chi connectivity index (χ0) is 29.2. The molecule has 9 heteroatoms. The molecule has 1 aliphatic heterocycles. The Morgan fingerprint density at radius 2 is 1.80 bits per heavy atom. The highest BCUT2D eigenvalue weighted by molar-refractivity contribution is 6.36. The number of fused-ring (bicyclic) bond motifs is 1. The van der Waals surface area contributed by atoms with E-state index in [1.807, 2.05) is 52.9 Å². The zero-order valence-corrected chi connectivity index (χ0v) is 26.0. The van der Waals surface area contributed by atoms with Crippen LogP contribution in [0.15, 0.2) is 24.3 Å². The number of anilines is 1. The Morgan fingerprint density at radius 1 is 1.10 bits per heavy atom. The van der Waals surface area contributed by atoms with Crippen LogP contribution in [0.2, 0.25) is 10.0 Å². The number of nitrogens with one attached hydrogen (secondary N) is 2. The van der Waals surface area contributed by atoms with E-state index in [1.165, 1.54) is 0 Å². The molecule has 1 saturated heterocycles. The fraction of sp³-hybridized carbons (Fsp3) is 0.516. The van der Waals surface area contributed by atoms with E-state index in [0.717, 1.165) is 66.0 Å². The van der Waals surface area contributed by atoms with Gasteiger partial charge in [-0.05, 0) is 54.5 Å². The second-order valence-electron chi connectivity index (χ2n) is 12.0. The average Bonchev–Trinajstić information content (AvgIpc) is 3.22. The standard InChI is InChI=1S/C31H41Cl2N5O2/c1-7-12-34-29(39)22-15-24-26(17-25(22)38-13-10-19(2)11-14-38)37(6)27(36-24)16-21-23(32)9-8-20(28(21)33)18-35-30(40)31(3,4)5/h8-9,15,17,19H,7,10-14,16,18H2,1-6H3,(H,34,39)(H,35,40). The molecule has 40 heavy (non-hydrogen) atoms. The summed E-state index contributed by atoms with van der Waals surface area (Å²) in [7, 11) is 1.98. The molecule has 0 atom stereocenters. The van der Waals surface area contributed by atoms with E-state index < -0.39 is 5.41 Å². The first kappa shape index (κ1) is 30.2. The molecule has 2 N–H and O–H groups in total. The maximum Gasteiger partial charge on any atom is 0.253 e. The van der Waals surface area contributed by atoms with Gasteiger partial charge in [-0.2, -0.15) is 0 Å². The summed E-state index contributed by atoms with van der Waals surface area (Å²) in [6.45, 7) is 12.7. The zero-order valence-electron chi connectivity index (χ0n) is 24.5. The van der Waals surface area contributed by atoms with Gasteiger partial charge in [0.1, 0.15) is 5.82 Å². The molecule has 4 rings (SSSR count). The monoisotopic (exact) mass is 585 g/mol. The minimum Gasteiger partial charge on any atom is -0.371 e. The number of amides is 2. The fourth-order valence-corrected chi connectivity index (χ4v) is 5.58. The third-order valence-corrected chi connectivity index (χ3v) is 8.54. The minimum absolute atomic E-state index is 0.0480. The summed E-state index contributed by atoms with van der Waals surface area (Å²) in [5.41, 5.74) is 4.39. The van der Waals surface area contributed by atoms with Gasteiger partial charge in [0, 0.05) is 50.1 Å². The van der Waals surface area contributed by atoms with Crippen molar-refractivity contribution in [3.05, 3.63) is 56.8 Å². The Balaban J connectivity index is 1.69. The summed E-state index contributed by atoms with van der Waals surface area (Å²) < 4.78 is 2.06. The topological polar surface area (TPSA) is 79.3 Å². The number of rotatable bonds is 8. The van der Waals surface area contributed by atoms with Crippen LogP contribution in [-0.4, -0.2) is 41.0 Å². The molecule has 216 valence electrons. The van der Waals surface area contributed by atoms with Gasteiger partial charge < -0.3 is 20.1 Å². The van der Waals surface area contributed by atoms with Crippen LogP contribution in [0.5, 0.6) is 0 Å². The Morgan fingerprint density at radius 3 is 2.45 bits per heavy atom. The van der Waals surface area contributed by atoms with Gasteiger partial charge in [0.2, 0.25) is 5.91 Å². The molecule has 2 aromatic carbocycles. The van der Waals surface area contributed by atoms with Crippen LogP contribution in [0.1, 0.15) is 81.2 Å². The molecule has 0 saturated carbocycles. The lowest BCUT2D eigenvalue weighted by Crippen LogP contribution is -2.35. The number of nitrogens with zero attached hydrogens (tertiary/aromatic N) is 3. The lowest BCUT2D eigenvalue weighted by atomic mass is 9.95. The highest BCUT2D eigenvalue weighted by Crippen LogP contribution is 2.34. The molecule has 2 heterocycles. The molecule has 0 unspecified atom stereocenters. The molecule has 0 aliphatic carbocycles. The number of piperidine rings is 1. The minimum atomic E-state index is -0.494. The van der Waals surface area contributed by atoms with Gasteiger partial charge in [-0.25, -0.2) is 4.98 Å². The molecule has 3 aromatic rings. The smallest absolute Gasteiger partial charge is 0.253 e. The van der Waals surface area contributed by atoms with Gasteiger partial charge in [0.15, 0.2) is 0 Å². The summed E-state index contributed by atoms with van der Waals surface area (Å²) in [5.74, 6) is 1.36. The molecular formula is C31H41Cl2N5O2. The maximum atomic E-state index is 13.2. The van der Waals surface area contributed by atoms with E-state index in [-0.39, 0.29) is 11.8 Å². The first-order valence-electron chi connectivity index (χ1n) is 14.2. The summed E-state index contributed by atoms with van der Waals surface area (Å²) in [6, 6.07) is 7.68. The average molecular weight is 587 g/mol. The van der Waals surface area contributed by atoms with Crippen LogP contribution in [-0.2, 0) is 24.8 Å². The molecule has 0 radical (unpaired) electrons. The van der Waals surface area contributed by atoms with Crippen molar-refractivity contribution in [3.63, 3.8) is 0 Å². The van der Waals surface area contributed by atoms with Crippen molar-refractivity contribution in [3.8, 4) is 0 Å². The van der Waals surface area contributed by atoms with Gasteiger partial charge >= 0.3 is 0 Å². The van der Waals surface area contributed by atoms with Gasteiger partial charge in [-0.1, -0.05) is 63.9 Å². The number of hydrogen-bond acceptors (Lipinski definition) is 4. The number of aromatic nitrogens is 2. The van der Waals surface area contributed by atoms with E-state index in [9.17, 15) is 9.59 Å². The van der Waals surface area contributed by atoms with E-state index in [0.29, 0.717) is 41.0 Å². The van der Waals surface area contributed by atoms with Gasteiger partial charge in [0.25, 0.3) is 5.91 Å². The lowest BCUT2D eigenvalue weighted by molar-refractivity contribution is -0.128. The van der Waals surface area contributed by atoms with Crippen molar-refractivity contribution >= 4 is 51.7 Å². The van der Waals surface area contributed by atoms with E-state index in [4.69, 9.17) is 28.2 Å². The highest BCUT2D eigenvalue weighted by atomic mass is 35.5. The van der Waals surface area contributed by atoms with Crippen molar-refractivity contribution in [2.75, 3.05) is 24.5 Å². The van der Waals surface area contributed by atoms with E-state index in [2.05, 4.69) is 33.1 Å². The maximum absolute atomic E-state index is 13.2. The molecular weight excluding hydrogens is 545 g/mol. The largest absolute Gasteiger partial charge is 0.371 e. The Kier molecular flexibility index (Phi) is 9.36. The van der Waals surface area contributed by atoms with Crippen molar-refractivity contribution in [1.82, 2.24) is 20.2 Å². The Bertz CT molecular complexity index is 1400. The summed E-state index contributed by atoms with van der Waals surface area (Å²) in [5, 5.41) is 7.08. The third kappa shape index (κ3) is 6.58. The molecule has 7 nitrogen and oxygen atoms in total. The van der Waals surface area contributed by atoms with E-state index in [1.54, 1.807) is 0 Å². The van der Waals surface area contributed by atoms with Gasteiger partial charge in [-0.3, -0.25) is 9.59 Å².